The molecule has 0 aliphatic heterocycles. The van der Waals surface area contributed by atoms with Crippen LogP contribution >= 0.6 is 0 Å². The van der Waals surface area contributed by atoms with Crippen LogP contribution in [0, 0.1) is 11.8 Å². The summed E-state index contributed by atoms with van der Waals surface area (Å²) in [7, 11) is 0. The zero-order valence-electron chi connectivity index (χ0n) is 18.4. The molecule has 0 aliphatic carbocycles. The van der Waals surface area contributed by atoms with Crippen LogP contribution in [0.4, 0.5) is 0 Å². The van der Waals surface area contributed by atoms with Gasteiger partial charge in [0.2, 0.25) is 0 Å². The molecule has 4 heteroatoms. The Balaban J connectivity index is 2.64. The SMILES string of the molecule is CCCCCCCCCCc1ccc(OC(=O)C(C)C)c(OC(=O)C(C)C)c1. The fourth-order valence-corrected chi connectivity index (χ4v) is 2.79. The molecule has 158 valence electrons. The summed E-state index contributed by atoms with van der Waals surface area (Å²) >= 11 is 0. The predicted molar refractivity (Wildman–Crippen MR) is 114 cm³/mol. The molecule has 0 saturated carbocycles. The molecule has 0 aliphatic rings. The summed E-state index contributed by atoms with van der Waals surface area (Å²) in [5.41, 5.74) is 1.10. The molecule has 0 fully saturated rings. The van der Waals surface area contributed by atoms with Gasteiger partial charge < -0.3 is 9.47 Å². The van der Waals surface area contributed by atoms with Crippen molar-refractivity contribution < 1.29 is 19.1 Å². The molecule has 0 heterocycles. The number of esters is 2. The van der Waals surface area contributed by atoms with Gasteiger partial charge in [0.15, 0.2) is 11.5 Å². The molecule has 28 heavy (non-hydrogen) atoms. The number of benzene rings is 1. The monoisotopic (exact) mass is 390 g/mol. The molecule has 0 radical (unpaired) electrons. The fourth-order valence-electron chi connectivity index (χ4n) is 2.79. The van der Waals surface area contributed by atoms with Gasteiger partial charge in [0.25, 0.3) is 0 Å². The van der Waals surface area contributed by atoms with Crippen molar-refractivity contribution in [3.05, 3.63) is 23.8 Å². The van der Waals surface area contributed by atoms with Gasteiger partial charge >= 0.3 is 11.9 Å². The first-order valence-corrected chi connectivity index (χ1v) is 10.9. The van der Waals surface area contributed by atoms with Crippen LogP contribution < -0.4 is 9.47 Å². The lowest BCUT2D eigenvalue weighted by molar-refractivity contribution is -0.140. The van der Waals surface area contributed by atoms with E-state index in [9.17, 15) is 9.59 Å². The summed E-state index contributed by atoms with van der Waals surface area (Å²) < 4.78 is 10.9. The Morgan fingerprint density at radius 2 is 1.25 bits per heavy atom. The fraction of sp³-hybridized carbons (Fsp3) is 0.667. The highest BCUT2D eigenvalue weighted by molar-refractivity contribution is 5.78. The average Bonchev–Trinajstić information content (AvgIpc) is 2.65. The summed E-state index contributed by atoms with van der Waals surface area (Å²) in [6.45, 7) is 9.36. The van der Waals surface area contributed by atoms with Crippen LogP contribution in [0.2, 0.25) is 0 Å². The van der Waals surface area contributed by atoms with Gasteiger partial charge in [0.05, 0.1) is 11.8 Å². The lowest BCUT2D eigenvalue weighted by Gasteiger charge is -2.14. The van der Waals surface area contributed by atoms with E-state index in [4.69, 9.17) is 9.47 Å². The molecule has 1 rings (SSSR count). The van der Waals surface area contributed by atoms with E-state index in [1.807, 2.05) is 12.1 Å². The molecule has 0 unspecified atom stereocenters. The molecule has 1 aromatic carbocycles. The highest BCUT2D eigenvalue weighted by Gasteiger charge is 2.18. The topological polar surface area (TPSA) is 52.6 Å². The van der Waals surface area contributed by atoms with E-state index in [0.717, 1.165) is 18.4 Å². The van der Waals surface area contributed by atoms with Crippen molar-refractivity contribution in [1.82, 2.24) is 0 Å². The van der Waals surface area contributed by atoms with E-state index in [2.05, 4.69) is 6.92 Å². The van der Waals surface area contributed by atoms with Crippen molar-refractivity contribution in [2.24, 2.45) is 11.8 Å². The van der Waals surface area contributed by atoms with Gasteiger partial charge in [-0.2, -0.15) is 0 Å². The number of carbonyl (C=O) groups is 2. The van der Waals surface area contributed by atoms with E-state index in [1.165, 1.54) is 44.9 Å². The minimum Gasteiger partial charge on any atom is -0.422 e. The Morgan fingerprint density at radius 1 is 0.750 bits per heavy atom. The van der Waals surface area contributed by atoms with Crippen LogP contribution in [-0.4, -0.2) is 11.9 Å². The molecular weight excluding hydrogens is 352 g/mol. The van der Waals surface area contributed by atoms with Gasteiger partial charge in [0, 0.05) is 0 Å². The largest absolute Gasteiger partial charge is 0.422 e. The average molecular weight is 391 g/mol. The Hall–Kier alpha value is -1.84. The third kappa shape index (κ3) is 9.38. The maximum absolute atomic E-state index is 12.0. The smallest absolute Gasteiger partial charge is 0.313 e. The lowest BCUT2D eigenvalue weighted by atomic mass is 10.0. The highest BCUT2D eigenvalue weighted by atomic mass is 16.6. The third-order valence-corrected chi connectivity index (χ3v) is 4.69. The first kappa shape index (κ1) is 24.2. The first-order valence-electron chi connectivity index (χ1n) is 10.9. The second-order valence-electron chi connectivity index (χ2n) is 8.16. The number of aryl methyl sites for hydroxylation is 1. The zero-order chi connectivity index (χ0) is 20.9. The molecule has 0 N–H and O–H groups in total. The number of rotatable bonds is 13. The van der Waals surface area contributed by atoms with Crippen molar-refractivity contribution in [3.63, 3.8) is 0 Å². The standard InChI is InChI=1S/C24H38O4/c1-6-7-8-9-10-11-12-13-14-20-15-16-21(27-23(25)18(2)3)22(17-20)28-24(26)19(4)5/h15-19H,6-14H2,1-5H3. The molecule has 0 bridgehead atoms. The number of hydrogen-bond acceptors (Lipinski definition) is 4. The molecule has 0 aromatic heterocycles. The number of carbonyl (C=O) groups excluding carboxylic acids is 2. The van der Waals surface area contributed by atoms with Crippen LogP contribution in [0.1, 0.15) is 91.5 Å². The van der Waals surface area contributed by atoms with E-state index in [-0.39, 0.29) is 23.8 Å². The maximum atomic E-state index is 12.0. The Bertz CT molecular complexity index is 605. The molecule has 0 spiro atoms. The summed E-state index contributed by atoms with van der Waals surface area (Å²) in [5.74, 6) is -0.503. The third-order valence-electron chi connectivity index (χ3n) is 4.69. The molecule has 4 nitrogen and oxygen atoms in total. The second kappa shape index (κ2) is 13.4. The minimum absolute atomic E-state index is 0.245. The summed E-state index contributed by atoms with van der Waals surface area (Å²) in [6.07, 6.45) is 11.1. The van der Waals surface area contributed by atoms with Crippen LogP contribution in [0.25, 0.3) is 0 Å². The lowest BCUT2D eigenvalue weighted by Crippen LogP contribution is -2.18. The number of ether oxygens (including phenoxy) is 2. The van der Waals surface area contributed by atoms with Crippen molar-refractivity contribution in [2.45, 2.75) is 92.4 Å². The van der Waals surface area contributed by atoms with Crippen molar-refractivity contribution >= 4 is 11.9 Å². The zero-order valence-corrected chi connectivity index (χ0v) is 18.4. The van der Waals surface area contributed by atoms with E-state index >= 15 is 0 Å². The van der Waals surface area contributed by atoms with Crippen LogP contribution in [0.3, 0.4) is 0 Å². The maximum Gasteiger partial charge on any atom is 0.313 e. The first-order chi connectivity index (χ1) is 13.3. The normalized spacial score (nSPS) is 11.1. The van der Waals surface area contributed by atoms with Gasteiger partial charge in [0.1, 0.15) is 0 Å². The van der Waals surface area contributed by atoms with Gasteiger partial charge in [-0.05, 0) is 30.5 Å². The quantitative estimate of drug-likeness (QED) is 0.219. The number of unbranched alkanes of at least 4 members (excludes halogenated alkanes) is 7. The van der Waals surface area contributed by atoms with Crippen molar-refractivity contribution in [1.29, 1.82) is 0 Å². The van der Waals surface area contributed by atoms with E-state index in [1.54, 1.807) is 33.8 Å². The molecule has 0 saturated heterocycles. The highest BCUT2D eigenvalue weighted by Crippen LogP contribution is 2.30. The van der Waals surface area contributed by atoms with Crippen molar-refractivity contribution in [2.75, 3.05) is 0 Å². The van der Waals surface area contributed by atoms with E-state index in [0.29, 0.717) is 11.5 Å². The second-order valence-corrected chi connectivity index (χ2v) is 8.16. The Labute approximate surface area is 171 Å². The molecule has 0 atom stereocenters. The summed E-state index contributed by atoms with van der Waals surface area (Å²) in [5, 5.41) is 0. The Kier molecular flexibility index (Phi) is 11.5. The van der Waals surface area contributed by atoms with Crippen LogP contribution in [0.5, 0.6) is 11.5 Å². The van der Waals surface area contributed by atoms with Gasteiger partial charge in [-0.25, -0.2) is 0 Å². The number of hydrogen-bond donors (Lipinski definition) is 0. The predicted octanol–water partition coefficient (Wildman–Crippen LogP) is 6.49. The van der Waals surface area contributed by atoms with Gasteiger partial charge in [-0.1, -0.05) is 85.6 Å². The molecular formula is C24H38O4. The minimum atomic E-state index is -0.335. The van der Waals surface area contributed by atoms with Gasteiger partial charge in [-0.3, -0.25) is 9.59 Å². The van der Waals surface area contributed by atoms with E-state index < -0.39 is 0 Å². The molecule has 1 aromatic rings. The van der Waals surface area contributed by atoms with Gasteiger partial charge in [-0.15, -0.1) is 0 Å². The summed E-state index contributed by atoms with van der Waals surface area (Å²) in [6, 6.07) is 5.53. The Morgan fingerprint density at radius 3 is 1.79 bits per heavy atom. The molecule has 0 amide bonds. The summed E-state index contributed by atoms with van der Waals surface area (Å²) in [4.78, 5) is 24.0. The van der Waals surface area contributed by atoms with Crippen LogP contribution in [0.15, 0.2) is 18.2 Å². The van der Waals surface area contributed by atoms with Crippen LogP contribution in [-0.2, 0) is 16.0 Å². The van der Waals surface area contributed by atoms with Crippen molar-refractivity contribution in [3.8, 4) is 11.5 Å².